The van der Waals surface area contributed by atoms with E-state index in [1.165, 1.54) is 0 Å². The Morgan fingerprint density at radius 2 is 2.07 bits per heavy atom. The van der Waals surface area contributed by atoms with E-state index < -0.39 is 0 Å². The molecule has 1 aliphatic heterocycles. The van der Waals surface area contributed by atoms with Gasteiger partial charge in [0.15, 0.2) is 0 Å². The fourth-order valence-electron chi connectivity index (χ4n) is 1.33. The minimum Gasteiger partial charge on any atom is -0.392 e. The first-order chi connectivity index (χ1) is 6.81. The lowest BCUT2D eigenvalue weighted by molar-refractivity contribution is 1.02. The van der Waals surface area contributed by atoms with Crippen LogP contribution in [0.15, 0.2) is 35.4 Å². The normalized spacial score (nSPS) is 20.7. The number of nitrogens with one attached hydrogen (secondary N) is 1. The minimum absolute atomic E-state index is 0.125. The average molecular weight is 222 g/mol. The van der Waals surface area contributed by atoms with Crippen LogP contribution in [0.25, 0.3) is 5.70 Å². The van der Waals surface area contributed by atoms with Crippen LogP contribution in [0, 0.1) is 0 Å². The van der Waals surface area contributed by atoms with Gasteiger partial charge in [-0.3, -0.25) is 0 Å². The third-order valence-corrected chi connectivity index (χ3v) is 3.38. The first-order valence-corrected chi connectivity index (χ1v) is 5.60. The lowest BCUT2D eigenvalue weighted by atomic mass is 10.2. The van der Waals surface area contributed by atoms with E-state index in [9.17, 15) is 0 Å². The van der Waals surface area contributed by atoms with Crippen LogP contribution in [-0.2, 0) is 0 Å². The second-order valence-corrected chi connectivity index (χ2v) is 4.38. The number of thioether (sulfide) groups is 1. The molecular formula is C10H10N2S2. The predicted molar refractivity (Wildman–Crippen MR) is 65.7 cm³/mol. The van der Waals surface area contributed by atoms with Gasteiger partial charge in [-0.25, -0.2) is 0 Å². The Hall–Kier alpha value is -1.00. The predicted octanol–water partition coefficient (Wildman–Crippen LogP) is 1.93. The number of rotatable bonds is 2. The molecule has 2 nitrogen and oxygen atoms in total. The van der Waals surface area contributed by atoms with Gasteiger partial charge in [-0.2, -0.15) is 0 Å². The van der Waals surface area contributed by atoms with E-state index in [2.05, 4.69) is 5.32 Å². The second kappa shape index (κ2) is 4.02. The molecule has 0 spiro atoms. The SMILES string of the molecule is NC1=C(c2ccccc2)NC(C=S)S1. The first kappa shape index (κ1) is 9.55. The molecule has 1 atom stereocenters. The number of thiocarbonyl (C=S) groups is 1. The molecule has 0 saturated heterocycles. The van der Waals surface area contributed by atoms with Gasteiger partial charge in [0.05, 0.1) is 10.7 Å². The topological polar surface area (TPSA) is 38.0 Å². The van der Waals surface area contributed by atoms with Gasteiger partial charge in [-0.1, -0.05) is 54.3 Å². The zero-order chi connectivity index (χ0) is 9.97. The second-order valence-electron chi connectivity index (χ2n) is 2.92. The molecule has 72 valence electrons. The third kappa shape index (κ3) is 1.76. The molecule has 1 heterocycles. The van der Waals surface area contributed by atoms with E-state index >= 15 is 0 Å². The van der Waals surface area contributed by atoms with Crippen molar-refractivity contribution in [2.45, 2.75) is 5.37 Å². The molecular weight excluding hydrogens is 212 g/mol. The fraction of sp³-hybridized carbons (Fsp3) is 0.100. The Kier molecular flexibility index (Phi) is 2.74. The van der Waals surface area contributed by atoms with Crippen molar-refractivity contribution in [3.05, 3.63) is 40.9 Å². The summed E-state index contributed by atoms with van der Waals surface area (Å²) in [5.74, 6) is 0. The van der Waals surface area contributed by atoms with E-state index in [4.69, 9.17) is 18.0 Å². The van der Waals surface area contributed by atoms with Crippen LogP contribution in [0.4, 0.5) is 0 Å². The summed E-state index contributed by atoms with van der Waals surface area (Å²) in [6.45, 7) is 0. The summed E-state index contributed by atoms with van der Waals surface area (Å²) in [5, 5.41) is 5.89. The minimum atomic E-state index is 0.125. The van der Waals surface area contributed by atoms with Crippen molar-refractivity contribution < 1.29 is 0 Å². The molecule has 0 fully saturated rings. The van der Waals surface area contributed by atoms with E-state index in [0.29, 0.717) is 0 Å². The lowest BCUT2D eigenvalue weighted by Crippen LogP contribution is -2.19. The van der Waals surface area contributed by atoms with Gasteiger partial charge in [0.25, 0.3) is 0 Å². The molecule has 1 aromatic rings. The Balaban J connectivity index is 2.28. The summed E-state index contributed by atoms with van der Waals surface area (Å²) in [5.41, 5.74) is 7.99. The molecule has 0 amide bonds. The number of benzene rings is 1. The highest BCUT2D eigenvalue weighted by molar-refractivity contribution is 8.05. The molecule has 4 heteroatoms. The summed E-state index contributed by atoms with van der Waals surface area (Å²) >= 11 is 6.43. The van der Waals surface area contributed by atoms with Crippen molar-refractivity contribution in [3.63, 3.8) is 0 Å². The Morgan fingerprint density at radius 3 is 2.64 bits per heavy atom. The Labute approximate surface area is 92.6 Å². The Bertz CT molecular complexity index is 373. The van der Waals surface area contributed by atoms with E-state index in [1.54, 1.807) is 17.1 Å². The summed E-state index contributed by atoms with van der Waals surface area (Å²) in [6, 6.07) is 10.0. The van der Waals surface area contributed by atoms with Crippen molar-refractivity contribution in [2.75, 3.05) is 0 Å². The zero-order valence-corrected chi connectivity index (χ0v) is 9.07. The standard InChI is InChI=1S/C10H10N2S2/c11-10-9(12-8(6-13)14-10)7-4-2-1-3-5-7/h1-6,8,12H,11H2. The lowest BCUT2D eigenvalue weighted by Gasteiger charge is -2.06. The van der Waals surface area contributed by atoms with Gasteiger partial charge in [0.2, 0.25) is 0 Å². The first-order valence-electron chi connectivity index (χ1n) is 4.25. The summed E-state index contributed by atoms with van der Waals surface area (Å²) in [7, 11) is 0. The summed E-state index contributed by atoms with van der Waals surface area (Å²) in [4.78, 5) is 0. The maximum Gasteiger partial charge on any atom is 0.107 e. The van der Waals surface area contributed by atoms with Crippen LogP contribution in [0.1, 0.15) is 5.56 Å². The highest BCUT2D eigenvalue weighted by atomic mass is 32.2. The van der Waals surface area contributed by atoms with Crippen molar-refractivity contribution in [3.8, 4) is 0 Å². The quantitative estimate of drug-likeness (QED) is 0.750. The van der Waals surface area contributed by atoms with Gasteiger partial charge >= 0.3 is 0 Å². The van der Waals surface area contributed by atoms with Crippen LogP contribution >= 0.6 is 24.0 Å². The maximum absolute atomic E-state index is 5.89. The molecule has 3 N–H and O–H groups in total. The molecule has 2 rings (SSSR count). The monoisotopic (exact) mass is 222 g/mol. The highest BCUT2D eigenvalue weighted by Crippen LogP contribution is 2.30. The molecule has 14 heavy (non-hydrogen) atoms. The molecule has 0 bridgehead atoms. The number of nitrogens with two attached hydrogens (primary N) is 1. The smallest absolute Gasteiger partial charge is 0.107 e. The molecule has 0 radical (unpaired) electrons. The molecule has 1 unspecified atom stereocenters. The van der Waals surface area contributed by atoms with Crippen LogP contribution in [0.2, 0.25) is 0 Å². The molecule has 1 aliphatic rings. The van der Waals surface area contributed by atoms with Crippen molar-refractivity contribution in [1.82, 2.24) is 5.32 Å². The largest absolute Gasteiger partial charge is 0.392 e. The van der Waals surface area contributed by atoms with Gasteiger partial charge in [-0.15, -0.1) is 0 Å². The molecule has 0 aliphatic carbocycles. The fourth-order valence-corrected chi connectivity index (χ4v) is 2.37. The van der Waals surface area contributed by atoms with Gasteiger partial charge in [-0.05, 0) is 0 Å². The van der Waals surface area contributed by atoms with Crippen molar-refractivity contribution >= 4 is 35.0 Å². The van der Waals surface area contributed by atoms with Crippen molar-refractivity contribution in [2.24, 2.45) is 5.73 Å². The van der Waals surface area contributed by atoms with E-state index in [1.807, 2.05) is 30.3 Å². The Morgan fingerprint density at radius 1 is 1.36 bits per heavy atom. The van der Waals surface area contributed by atoms with Gasteiger partial charge in [0.1, 0.15) is 5.37 Å². The molecule has 0 aromatic heterocycles. The molecule has 1 aromatic carbocycles. The van der Waals surface area contributed by atoms with Gasteiger partial charge in [0, 0.05) is 10.9 Å². The summed E-state index contributed by atoms with van der Waals surface area (Å²) < 4.78 is 0. The highest BCUT2D eigenvalue weighted by Gasteiger charge is 2.20. The van der Waals surface area contributed by atoms with Gasteiger partial charge < -0.3 is 11.1 Å². The van der Waals surface area contributed by atoms with Crippen LogP contribution in [0.5, 0.6) is 0 Å². The van der Waals surface area contributed by atoms with Crippen LogP contribution in [0.3, 0.4) is 0 Å². The zero-order valence-electron chi connectivity index (χ0n) is 7.44. The average Bonchev–Trinajstić information content (AvgIpc) is 2.61. The molecule has 0 saturated carbocycles. The van der Waals surface area contributed by atoms with Crippen LogP contribution in [-0.4, -0.2) is 10.7 Å². The van der Waals surface area contributed by atoms with Crippen molar-refractivity contribution in [1.29, 1.82) is 0 Å². The number of hydrogen-bond donors (Lipinski definition) is 2. The third-order valence-electron chi connectivity index (χ3n) is 1.97. The van der Waals surface area contributed by atoms with Crippen LogP contribution < -0.4 is 11.1 Å². The van der Waals surface area contributed by atoms with E-state index in [-0.39, 0.29) is 5.37 Å². The number of hydrogen-bond acceptors (Lipinski definition) is 4. The van der Waals surface area contributed by atoms with E-state index in [0.717, 1.165) is 16.3 Å². The summed E-state index contributed by atoms with van der Waals surface area (Å²) in [6.07, 6.45) is 0. The maximum atomic E-state index is 5.89.